The molecule has 1 aromatic rings. The van der Waals surface area contributed by atoms with Crippen LogP contribution < -0.4 is 10.2 Å². The number of ether oxygens (including phenoxy) is 1. The van der Waals surface area contributed by atoms with Gasteiger partial charge in [-0.05, 0) is 37.2 Å². The number of nitrogens with zero attached hydrogens (tertiary/aromatic N) is 2. The van der Waals surface area contributed by atoms with Crippen LogP contribution in [0.4, 0.5) is 5.69 Å². The highest BCUT2D eigenvalue weighted by Crippen LogP contribution is 2.27. The summed E-state index contributed by atoms with van der Waals surface area (Å²) in [5, 5.41) is 14.1. The molecule has 2 fully saturated rings. The maximum Gasteiger partial charge on any atom is 0.169 e. The molecule has 0 amide bonds. The number of anilines is 1. The number of benzene rings is 1. The second kappa shape index (κ2) is 7.15. The molecule has 2 aliphatic rings. The molecule has 5 nitrogen and oxygen atoms in total. The highest BCUT2D eigenvalue weighted by molar-refractivity contribution is 7.80. The molecule has 22 heavy (non-hydrogen) atoms. The average molecular weight is 321 g/mol. The molecule has 120 valence electrons. The van der Waals surface area contributed by atoms with Crippen molar-refractivity contribution in [1.82, 2.24) is 10.2 Å². The minimum Gasteiger partial charge on any atom is -0.506 e. The number of phenolic OH excluding ortho intramolecular Hbond substituents is 1. The van der Waals surface area contributed by atoms with Crippen LogP contribution in [0.3, 0.4) is 0 Å². The van der Waals surface area contributed by atoms with Crippen molar-refractivity contribution in [3.05, 3.63) is 24.3 Å². The van der Waals surface area contributed by atoms with Crippen LogP contribution in [0.15, 0.2) is 24.3 Å². The van der Waals surface area contributed by atoms with Gasteiger partial charge in [-0.3, -0.25) is 0 Å². The van der Waals surface area contributed by atoms with Crippen molar-refractivity contribution < 1.29 is 9.84 Å². The van der Waals surface area contributed by atoms with Crippen LogP contribution in [0.25, 0.3) is 0 Å². The van der Waals surface area contributed by atoms with Crippen molar-refractivity contribution in [2.45, 2.75) is 18.9 Å². The number of piperazine rings is 1. The first-order valence-corrected chi connectivity index (χ1v) is 8.32. The molecule has 0 radical (unpaired) electrons. The van der Waals surface area contributed by atoms with Crippen molar-refractivity contribution >= 4 is 23.0 Å². The van der Waals surface area contributed by atoms with E-state index in [4.69, 9.17) is 17.0 Å². The number of rotatable bonds is 3. The number of hydrogen-bond acceptors (Lipinski definition) is 4. The zero-order valence-corrected chi connectivity index (χ0v) is 13.5. The number of para-hydroxylation sites is 2. The summed E-state index contributed by atoms with van der Waals surface area (Å²) in [7, 11) is 0. The van der Waals surface area contributed by atoms with Crippen molar-refractivity contribution in [2.24, 2.45) is 0 Å². The Labute approximate surface area is 136 Å². The molecule has 2 N–H and O–H groups in total. The summed E-state index contributed by atoms with van der Waals surface area (Å²) in [5.74, 6) is 0.343. The predicted molar refractivity (Wildman–Crippen MR) is 91.5 cm³/mol. The van der Waals surface area contributed by atoms with E-state index in [2.05, 4.69) is 15.1 Å². The first kappa shape index (κ1) is 15.4. The molecule has 2 aliphatic heterocycles. The predicted octanol–water partition coefficient (Wildman–Crippen LogP) is 1.57. The van der Waals surface area contributed by atoms with Gasteiger partial charge in [0.25, 0.3) is 0 Å². The highest BCUT2D eigenvalue weighted by Gasteiger charge is 2.22. The van der Waals surface area contributed by atoms with E-state index in [1.807, 2.05) is 18.2 Å². The molecule has 0 aromatic heterocycles. The van der Waals surface area contributed by atoms with Gasteiger partial charge in [0.1, 0.15) is 5.75 Å². The quantitative estimate of drug-likeness (QED) is 0.824. The van der Waals surface area contributed by atoms with Gasteiger partial charge >= 0.3 is 0 Å². The fourth-order valence-electron chi connectivity index (χ4n) is 3.00. The fraction of sp³-hybridized carbons (Fsp3) is 0.562. The summed E-state index contributed by atoms with van der Waals surface area (Å²) in [4.78, 5) is 4.40. The molecule has 1 atom stereocenters. The van der Waals surface area contributed by atoms with Crippen molar-refractivity contribution in [1.29, 1.82) is 0 Å². The smallest absolute Gasteiger partial charge is 0.169 e. The van der Waals surface area contributed by atoms with Crippen molar-refractivity contribution in [3.63, 3.8) is 0 Å². The van der Waals surface area contributed by atoms with Gasteiger partial charge in [-0.2, -0.15) is 0 Å². The van der Waals surface area contributed by atoms with Crippen LogP contribution >= 0.6 is 12.2 Å². The van der Waals surface area contributed by atoms with E-state index in [0.717, 1.165) is 63.0 Å². The third-order valence-corrected chi connectivity index (χ3v) is 4.70. The summed E-state index contributed by atoms with van der Waals surface area (Å²) in [6.07, 6.45) is 2.58. The van der Waals surface area contributed by atoms with Crippen LogP contribution in [-0.2, 0) is 4.74 Å². The summed E-state index contributed by atoms with van der Waals surface area (Å²) in [6, 6.07) is 7.49. The van der Waals surface area contributed by atoms with Gasteiger partial charge in [-0.1, -0.05) is 12.1 Å². The monoisotopic (exact) mass is 321 g/mol. The molecule has 2 heterocycles. The van der Waals surface area contributed by atoms with Gasteiger partial charge < -0.3 is 25.0 Å². The average Bonchev–Trinajstić information content (AvgIpc) is 3.07. The topological polar surface area (TPSA) is 48.0 Å². The van der Waals surface area contributed by atoms with Crippen LogP contribution in [0.1, 0.15) is 12.8 Å². The molecule has 6 heteroatoms. The third kappa shape index (κ3) is 3.62. The summed E-state index contributed by atoms with van der Waals surface area (Å²) >= 11 is 5.48. The van der Waals surface area contributed by atoms with Gasteiger partial charge in [-0.15, -0.1) is 0 Å². The molecular formula is C16H23N3O2S. The molecular weight excluding hydrogens is 298 g/mol. The second-order valence-corrected chi connectivity index (χ2v) is 6.17. The van der Waals surface area contributed by atoms with E-state index < -0.39 is 0 Å². The van der Waals surface area contributed by atoms with Crippen molar-refractivity contribution in [3.8, 4) is 5.75 Å². The number of phenols is 1. The maximum absolute atomic E-state index is 9.94. The van der Waals surface area contributed by atoms with Crippen LogP contribution in [0, 0.1) is 0 Å². The summed E-state index contributed by atoms with van der Waals surface area (Å²) < 4.78 is 5.60. The Hall–Kier alpha value is -1.53. The van der Waals surface area contributed by atoms with E-state index in [0.29, 0.717) is 11.9 Å². The van der Waals surface area contributed by atoms with Gasteiger partial charge in [0.05, 0.1) is 11.8 Å². The summed E-state index contributed by atoms with van der Waals surface area (Å²) in [5.41, 5.74) is 0.903. The van der Waals surface area contributed by atoms with E-state index in [1.54, 1.807) is 6.07 Å². The second-order valence-electron chi connectivity index (χ2n) is 5.78. The lowest BCUT2D eigenvalue weighted by molar-refractivity contribution is 0.113. The molecule has 0 aliphatic carbocycles. The van der Waals surface area contributed by atoms with E-state index in [9.17, 15) is 5.11 Å². The number of thiocarbonyl (C=S) groups is 1. The summed E-state index contributed by atoms with van der Waals surface area (Å²) in [6.45, 7) is 5.13. The van der Waals surface area contributed by atoms with Crippen LogP contribution in [-0.4, -0.2) is 60.6 Å². The van der Waals surface area contributed by atoms with Gasteiger partial charge in [0, 0.05) is 39.3 Å². The SMILES string of the molecule is Oc1ccccc1N1CCN(C(=S)NC[C@H]2CCCO2)CC1. The first-order chi connectivity index (χ1) is 10.7. The largest absolute Gasteiger partial charge is 0.506 e. The minimum atomic E-state index is 0.306. The standard InChI is InChI=1S/C16H23N3O2S/c20-15-6-2-1-5-14(15)18-7-9-19(10-8-18)16(22)17-12-13-4-3-11-21-13/h1-2,5-6,13,20H,3-4,7-12H2,(H,17,22)/t13-/m1/s1. The highest BCUT2D eigenvalue weighted by atomic mass is 32.1. The molecule has 0 saturated carbocycles. The molecule has 0 unspecified atom stereocenters. The lowest BCUT2D eigenvalue weighted by Crippen LogP contribution is -2.52. The molecule has 0 spiro atoms. The van der Waals surface area contributed by atoms with E-state index >= 15 is 0 Å². The van der Waals surface area contributed by atoms with Crippen LogP contribution in [0.5, 0.6) is 5.75 Å². The Kier molecular flexibility index (Phi) is 5.00. The van der Waals surface area contributed by atoms with Gasteiger partial charge in [0.15, 0.2) is 5.11 Å². The van der Waals surface area contributed by atoms with Crippen LogP contribution in [0.2, 0.25) is 0 Å². The lowest BCUT2D eigenvalue weighted by Gasteiger charge is -2.37. The number of aromatic hydroxyl groups is 1. The lowest BCUT2D eigenvalue weighted by atomic mass is 10.2. The Morgan fingerprint density at radius 2 is 2.05 bits per heavy atom. The Balaban J connectivity index is 1.46. The Morgan fingerprint density at radius 1 is 1.27 bits per heavy atom. The molecule has 0 bridgehead atoms. The van der Waals surface area contributed by atoms with Gasteiger partial charge in [0.2, 0.25) is 0 Å². The maximum atomic E-state index is 9.94. The Morgan fingerprint density at radius 3 is 2.73 bits per heavy atom. The minimum absolute atomic E-state index is 0.306. The molecule has 3 rings (SSSR count). The Bertz CT molecular complexity index is 512. The normalized spacial score (nSPS) is 21.9. The van der Waals surface area contributed by atoms with Gasteiger partial charge in [-0.25, -0.2) is 0 Å². The van der Waals surface area contributed by atoms with E-state index in [1.165, 1.54) is 0 Å². The number of nitrogens with one attached hydrogen (secondary N) is 1. The fourth-order valence-corrected chi connectivity index (χ4v) is 3.27. The molecule has 1 aromatic carbocycles. The van der Waals surface area contributed by atoms with Crippen molar-refractivity contribution in [2.75, 3.05) is 44.2 Å². The first-order valence-electron chi connectivity index (χ1n) is 7.91. The third-order valence-electron chi connectivity index (χ3n) is 4.29. The zero-order valence-electron chi connectivity index (χ0n) is 12.7. The number of hydrogen-bond donors (Lipinski definition) is 2. The van der Waals surface area contributed by atoms with E-state index in [-0.39, 0.29) is 0 Å². The molecule has 2 saturated heterocycles. The zero-order chi connectivity index (χ0) is 15.4.